The Morgan fingerprint density at radius 2 is 1.65 bits per heavy atom. The van der Waals surface area contributed by atoms with Crippen LogP contribution in [0.4, 0.5) is 5.69 Å². The highest BCUT2D eigenvalue weighted by Gasteiger charge is 2.53. The third-order valence-electron chi connectivity index (χ3n) is 6.35. The molecule has 1 N–H and O–H groups in total. The Hall–Kier alpha value is -2.51. The van der Waals surface area contributed by atoms with E-state index in [4.69, 9.17) is 14.2 Å². The summed E-state index contributed by atoms with van der Waals surface area (Å²) < 4.78 is 17.6. The minimum absolute atomic E-state index is 0.0485. The number of para-hydroxylation sites is 1. The van der Waals surface area contributed by atoms with Gasteiger partial charge in [0.25, 0.3) is 0 Å². The van der Waals surface area contributed by atoms with Crippen LogP contribution in [0.3, 0.4) is 0 Å². The number of hydrogen-bond acceptors (Lipinski definition) is 6. The molecule has 1 unspecified atom stereocenters. The van der Waals surface area contributed by atoms with Crippen LogP contribution in [0.1, 0.15) is 19.8 Å². The van der Waals surface area contributed by atoms with Crippen LogP contribution in [0.25, 0.3) is 0 Å². The smallest absolute Gasteiger partial charge is 0.314 e. The Kier molecular flexibility index (Phi) is 7.62. The number of rotatable bonds is 9. The maximum absolute atomic E-state index is 11.7. The lowest BCUT2D eigenvalue weighted by Crippen LogP contribution is -2.61. The Morgan fingerprint density at radius 3 is 2.10 bits per heavy atom. The normalized spacial score (nSPS) is 25.4. The molecule has 1 atom stereocenters. The molecule has 0 radical (unpaired) electrons. The summed E-state index contributed by atoms with van der Waals surface area (Å²) >= 11 is 0. The molecule has 7 nitrogen and oxygen atoms in total. The molecule has 170 valence electrons. The minimum Gasteiger partial charge on any atom is -0.498 e. The van der Waals surface area contributed by atoms with Crippen molar-refractivity contribution in [3.63, 3.8) is 0 Å². The first kappa shape index (κ1) is 23.2. The molecule has 2 aliphatic rings. The number of benzene rings is 1. The Bertz CT molecular complexity index is 777. The predicted molar refractivity (Wildman–Crippen MR) is 120 cm³/mol. The lowest BCUT2D eigenvalue weighted by atomic mass is 9.79. The molecule has 0 bridgehead atoms. The molecule has 0 aromatic heterocycles. The van der Waals surface area contributed by atoms with Crippen molar-refractivity contribution in [1.29, 1.82) is 0 Å². The third-order valence-corrected chi connectivity index (χ3v) is 6.35. The SMILES string of the molecule is CCCC(N1CCN(c2ccccc2)CC1)C1(OC)C(OC)=CC(C(=O)O)C=C1OC. The molecule has 31 heavy (non-hydrogen) atoms. The van der Waals surface area contributed by atoms with Gasteiger partial charge in [-0.25, -0.2) is 0 Å². The lowest BCUT2D eigenvalue weighted by Gasteiger charge is -2.49. The summed E-state index contributed by atoms with van der Waals surface area (Å²) in [6.45, 7) is 5.67. The summed E-state index contributed by atoms with van der Waals surface area (Å²) in [5.74, 6) is -0.779. The largest absolute Gasteiger partial charge is 0.498 e. The highest BCUT2D eigenvalue weighted by Crippen LogP contribution is 2.43. The van der Waals surface area contributed by atoms with Crippen LogP contribution in [-0.4, -0.2) is 75.1 Å². The van der Waals surface area contributed by atoms with E-state index in [1.165, 1.54) is 5.69 Å². The van der Waals surface area contributed by atoms with Crippen LogP contribution >= 0.6 is 0 Å². The number of carboxylic acid groups (broad SMARTS) is 1. The molecule has 0 spiro atoms. The number of methoxy groups -OCH3 is 3. The van der Waals surface area contributed by atoms with Gasteiger partial charge in [0, 0.05) is 39.0 Å². The highest BCUT2D eigenvalue weighted by atomic mass is 16.6. The summed E-state index contributed by atoms with van der Waals surface area (Å²) in [7, 11) is 4.77. The van der Waals surface area contributed by atoms with E-state index >= 15 is 0 Å². The van der Waals surface area contributed by atoms with Crippen molar-refractivity contribution in [2.24, 2.45) is 5.92 Å². The summed E-state index contributed by atoms with van der Waals surface area (Å²) in [6, 6.07) is 10.4. The molecule has 1 saturated heterocycles. The zero-order valence-corrected chi connectivity index (χ0v) is 18.9. The number of nitrogens with zero attached hydrogens (tertiary/aromatic N) is 2. The number of ether oxygens (including phenoxy) is 3. The van der Waals surface area contributed by atoms with Crippen molar-refractivity contribution in [1.82, 2.24) is 4.90 Å². The van der Waals surface area contributed by atoms with Gasteiger partial charge in [0.1, 0.15) is 17.4 Å². The van der Waals surface area contributed by atoms with Gasteiger partial charge in [-0.05, 0) is 30.7 Å². The van der Waals surface area contributed by atoms with Gasteiger partial charge in [-0.3, -0.25) is 9.69 Å². The maximum atomic E-state index is 11.7. The minimum atomic E-state index is -0.986. The van der Waals surface area contributed by atoms with E-state index in [1.54, 1.807) is 33.5 Å². The zero-order valence-electron chi connectivity index (χ0n) is 18.9. The third kappa shape index (κ3) is 4.43. The molecular formula is C24H34N2O5. The van der Waals surface area contributed by atoms with Gasteiger partial charge < -0.3 is 24.2 Å². The fraction of sp³-hybridized carbons (Fsp3) is 0.542. The molecule has 1 heterocycles. The number of carboxylic acids is 1. The van der Waals surface area contributed by atoms with E-state index in [0.717, 1.165) is 39.0 Å². The second-order valence-corrected chi connectivity index (χ2v) is 7.94. The van der Waals surface area contributed by atoms with Crippen LogP contribution in [0.5, 0.6) is 0 Å². The fourth-order valence-electron chi connectivity index (χ4n) is 4.84. The van der Waals surface area contributed by atoms with Gasteiger partial charge in [0.05, 0.1) is 20.3 Å². The molecule has 7 heteroatoms. The van der Waals surface area contributed by atoms with E-state index in [2.05, 4.69) is 41.0 Å². The average molecular weight is 431 g/mol. The van der Waals surface area contributed by atoms with Crippen LogP contribution in [-0.2, 0) is 19.0 Å². The molecule has 1 aliphatic heterocycles. The van der Waals surface area contributed by atoms with E-state index in [9.17, 15) is 9.90 Å². The van der Waals surface area contributed by atoms with E-state index < -0.39 is 17.5 Å². The van der Waals surface area contributed by atoms with Crippen molar-refractivity contribution in [2.75, 3.05) is 52.4 Å². The zero-order chi connectivity index (χ0) is 22.4. The number of hydrogen-bond donors (Lipinski definition) is 1. The Labute approximate surface area is 184 Å². The van der Waals surface area contributed by atoms with Gasteiger partial charge in [0.15, 0.2) is 5.60 Å². The van der Waals surface area contributed by atoms with Gasteiger partial charge in [0.2, 0.25) is 0 Å². The monoisotopic (exact) mass is 430 g/mol. The summed E-state index contributed by atoms with van der Waals surface area (Å²) in [5.41, 5.74) is 0.243. The van der Waals surface area contributed by atoms with Crippen molar-refractivity contribution in [3.05, 3.63) is 54.0 Å². The Morgan fingerprint density at radius 1 is 1.06 bits per heavy atom. The van der Waals surface area contributed by atoms with Crippen molar-refractivity contribution in [2.45, 2.75) is 31.4 Å². The van der Waals surface area contributed by atoms with Gasteiger partial charge in [-0.1, -0.05) is 31.5 Å². The lowest BCUT2D eigenvalue weighted by molar-refractivity contribution is -0.139. The fourth-order valence-corrected chi connectivity index (χ4v) is 4.84. The molecule has 1 aliphatic carbocycles. The quantitative estimate of drug-likeness (QED) is 0.645. The van der Waals surface area contributed by atoms with Gasteiger partial charge in [-0.2, -0.15) is 0 Å². The summed E-state index contributed by atoms with van der Waals surface area (Å²) in [4.78, 5) is 16.5. The van der Waals surface area contributed by atoms with Crippen LogP contribution in [0, 0.1) is 5.92 Å². The van der Waals surface area contributed by atoms with E-state index in [-0.39, 0.29) is 6.04 Å². The molecule has 0 amide bonds. The molecule has 0 saturated carbocycles. The standard InChI is InChI=1S/C24H34N2O5/c1-5-9-20(26-14-12-25(13-15-26)19-10-7-6-8-11-19)24(31-4)21(29-2)16-18(23(27)28)17-22(24)30-3/h6-8,10-11,16-18,20H,5,9,12-15H2,1-4H3,(H,27,28). The number of carbonyl (C=O) groups is 1. The first-order chi connectivity index (χ1) is 15.0. The van der Waals surface area contributed by atoms with Crippen LogP contribution < -0.4 is 4.90 Å². The first-order valence-electron chi connectivity index (χ1n) is 10.9. The molecule has 1 aromatic rings. The molecule has 1 aromatic carbocycles. The molecule has 1 fully saturated rings. The average Bonchev–Trinajstić information content (AvgIpc) is 2.82. The number of aliphatic carboxylic acids is 1. The summed E-state index contributed by atoms with van der Waals surface area (Å²) in [5, 5.41) is 9.58. The number of piperazine rings is 1. The highest BCUT2D eigenvalue weighted by molar-refractivity contribution is 5.75. The topological polar surface area (TPSA) is 71.5 Å². The van der Waals surface area contributed by atoms with Crippen LogP contribution in [0.2, 0.25) is 0 Å². The van der Waals surface area contributed by atoms with Crippen molar-refractivity contribution < 1.29 is 24.1 Å². The Balaban J connectivity index is 1.92. The second-order valence-electron chi connectivity index (χ2n) is 7.94. The van der Waals surface area contributed by atoms with E-state index in [0.29, 0.717) is 11.5 Å². The van der Waals surface area contributed by atoms with E-state index in [1.807, 2.05) is 6.07 Å². The molecule has 3 rings (SSSR count). The predicted octanol–water partition coefficient (Wildman–Crippen LogP) is 3.14. The maximum Gasteiger partial charge on any atom is 0.314 e. The second kappa shape index (κ2) is 10.2. The first-order valence-corrected chi connectivity index (χ1v) is 10.9. The van der Waals surface area contributed by atoms with Gasteiger partial charge in [-0.15, -0.1) is 0 Å². The molecular weight excluding hydrogens is 396 g/mol. The van der Waals surface area contributed by atoms with Crippen molar-refractivity contribution >= 4 is 11.7 Å². The number of anilines is 1. The van der Waals surface area contributed by atoms with Gasteiger partial charge >= 0.3 is 5.97 Å². The summed E-state index contributed by atoms with van der Waals surface area (Å²) in [6.07, 6.45) is 5.08. The van der Waals surface area contributed by atoms with Crippen molar-refractivity contribution in [3.8, 4) is 0 Å². The van der Waals surface area contributed by atoms with Crippen LogP contribution in [0.15, 0.2) is 54.0 Å².